The van der Waals surface area contributed by atoms with Crippen molar-refractivity contribution in [1.82, 2.24) is 0 Å². The first kappa shape index (κ1) is 46.3. The molecular formula is C46H54O20. The van der Waals surface area contributed by atoms with Crippen LogP contribution in [0.25, 0.3) is 33.1 Å². The van der Waals surface area contributed by atoms with Crippen molar-refractivity contribution in [3.63, 3.8) is 0 Å². The molecule has 0 saturated carbocycles. The number of rotatable bonds is 9. The minimum atomic E-state index is -1.77. The van der Waals surface area contributed by atoms with Crippen LogP contribution in [0.2, 0.25) is 0 Å². The maximum Gasteiger partial charge on any atom is 0.342 e. The van der Waals surface area contributed by atoms with E-state index in [0.29, 0.717) is 12.0 Å². The standard InChI is InChI=1S/C46H54O20/c1-6-7-19-10-18-11-20-30(38(53)29(18)46(57)62-19)32-33(41(56)36(20)51)44(58-5)45-34(40(32)55)39(54)31-24(64-45)8-9-25(37(31)52)63-26-13-22(48)42(16(3)60-26)66-28-14-23(49)43(17(4)61-28)65-27-12-21(47)35(50)15(2)59-27/h8-9,11,15-17,19,21-23,26-28,35-36,41-43,47-53,55-56H,6-7,10,12-14H2,1-5H3/t15-,16-,17-,19-,21-,22-,23-,26+,27+,28+,35-,36+,41+,42-,43-/m1/s1. The number of aliphatic hydroxyl groups is 6. The van der Waals surface area contributed by atoms with E-state index in [2.05, 4.69) is 0 Å². The molecule has 4 aromatic rings. The fraction of sp³-hybridized carbons (Fsp3) is 0.565. The number of hydrogen-bond acceptors (Lipinski definition) is 20. The van der Waals surface area contributed by atoms with E-state index in [0.717, 1.165) is 6.42 Å². The van der Waals surface area contributed by atoms with Gasteiger partial charge in [-0.25, -0.2) is 4.79 Å². The summed E-state index contributed by atoms with van der Waals surface area (Å²) in [5, 5.41) is 99.8. The minimum absolute atomic E-state index is 0.00229. The number of carbonyl (C=O) groups is 1. The van der Waals surface area contributed by atoms with Crippen molar-refractivity contribution in [2.75, 3.05) is 7.11 Å². The predicted octanol–water partition coefficient (Wildman–Crippen LogP) is 2.70. The Morgan fingerprint density at radius 3 is 1.95 bits per heavy atom. The van der Waals surface area contributed by atoms with Gasteiger partial charge < -0.3 is 88.3 Å². The van der Waals surface area contributed by atoms with Gasteiger partial charge in [-0.15, -0.1) is 0 Å². The van der Waals surface area contributed by atoms with E-state index in [1.807, 2.05) is 6.92 Å². The van der Waals surface area contributed by atoms with Crippen molar-refractivity contribution in [3.8, 4) is 39.9 Å². The number of phenols is 3. The van der Waals surface area contributed by atoms with Crippen LogP contribution in [-0.2, 0) is 34.8 Å². The zero-order valence-corrected chi connectivity index (χ0v) is 36.7. The second-order valence-corrected chi connectivity index (χ2v) is 17.8. The maximum absolute atomic E-state index is 14.5. The van der Waals surface area contributed by atoms with E-state index in [1.165, 1.54) is 25.3 Å². The number of aliphatic hydroxyl groups excluding tert-OH is 6. The summed E-state index contributed by atoms with van der Waals surface area (Å²) in [6.45, 7) is 6.81. The third-order valence-electron chi connectivity index (χ3n) is 13.3. The Labute approximate surface area is 376 Å². The molecule has 3 saturated heterocycles. The summed E-state index contributed by atoms with van der Waals surface area (Å²) in [5.41, 5.74) is -2.15. The van der Waals surface area contributed by atoms with E-state index >= 15 is 0 Å². The van der Waals surface area contributed by atoms with Crippen LogP contribution in [-0.4, -0.2) is 139 Å². The molecular weight excluding hydrogens is 872 g/mol. The molecule has 0 unspecified atom stereocenters. The molecule has 9 rings (SSSR count). The highest BCUT2D eigenvalue weighted by Gasteiger charge is 2.46. The number of carbonyl (C=O) groups excluding carboxylic acids is 1. The largest absolute Gasteiger partial charge is 0.506 e. The maximum atomic E-state index is 14.5. The monoisotopic (exact) mass is 926 g/mol. The fourth-order valence-corrected chi connectivity index (χ4v) is 10.1. The van der Waals surface area contributed by atoms with Gasteiger partial charge >= 0.3 is 5.97 Å². The zero-order valence-electron chi connectivity index (χ0n) is 36.7. The number of cyclic esters (lactones) is 1. The van der Waals surface area contributed by atoms with Crippen LogP contribution in [0.4, 0.5) is 0 Å². The molecule has 20 heteroatoms. The van der Waals surface area contributed by atoms with Gasteiger partial charge in [0.1, 0.15) is 70.0 Å². The van der Waals surface area contributed by atoms with Crippen molar-refractivity contribution in [2.24, 2.45) is 0 Å². The van der Waals surface area contributed by atoms with Crippen molar-refractivity contribution < 1.29 is 93.1 Å². The lowest BCUT2D eigenvalue weighted by Gasteiger charge is -2.44. The number of esters is 1. The van der Waals surface area contributed by atoms with Crippen LogP contribution in [0.3, 0.4) is 0 Å². The minimum Gasteiger partial charge on any atom is -0.506 e. The van der Waals surface area contributed by atoms with Gasteiger partial charge in [-0.3, -0.25) is 4.79 Å². The Morgan fingerprint density at radius 1 is 0.712 bits per heavy atom. The predicted molar refractivity (Wildman–Crippen MR) is 226 cm³/mol. The number of phenolic OH excluding ortho intramolecular Hbond substituents is 3. The van der Waals surface area contributed by atoms with Gasteiger partial charge in [-0.1, -0.05) is 19.4 Å². The average molecular weight is 927 g/mol. The highest BCUT2D eigenvalue weighted by atomic mass is 16.7. The van der Waals surface area contributed by atoms with Gasteiger partial charge in [-0.2, -0.15) is 0 Å². The molecule has 1 aromatic heterocycles. The molecule has 9 N–H and O–H groups in total. The van der Waals surface area contributed by atoms with Crippen molar-refractivity contribution in [1.29, 1.82) is 0 Å². The van der Waals surface area contributed by atoms with E-state index in [-0.39, 0.29) is 76.2 Å². The SMILES string of the molecule is CCC[C@@H]1Cc2cc3c(c(O)c2C(=O)O1)-c1c(c(OC)c2oc4ccc(O[C@H]5C[C@@H](O)[C@H](O[C@H]6C[C@@H](O)[C@H](O[C@H]7C[C@@H](O)[C@H](O)[C@@H](C)O7)[C@@H](C)O6)[C@@H](C)O5)c(O)c4c(=O)c2c1O)[C@H](O)[C@H]3O. The fourth-order valence-electron chi connectivity index (χ4n) is 10.1. The Bertz CT molecular complexity index is 2560. The highest BCUT2D eigenvalue weighted by Crippen LogP contribution is 2.58. The topological polar surface area (TPSA) is 303 Å². The van der Waals surface area contributed by atoms with Gasteiger partial charge in [0.15, 0.2) is 35.4 Å². The molecule has 0 radical (unpaired) electrons. The molecule has 66 heavy (non-hydrogen) atoms. The van der Waals surface area contributed by atoms with E-state index < -0.39 is 132 Å². The van der Waals surface area contributed by atoms with E-state index in [1.54, 1.807) is 20.8 Å². The Kier molecular flexibility index (Phi) is 12.4. The number of methoxy groups -OCH3 is 1. The quantitative estimate of drug-likeness (QED) is 0.0861. The van der Waals surface area contributed by atoms with Crippen LogP contribution in [0.5, 0.6) is 28.7 Å². The molecule has 3 aromatic carbocycles. The first-order valence-electron chi connectivity index (χ1n) is 22.1. The first-order valence-corrected chi connectivity index (χ1v) is 22.1. The van der Waals surface area contributed by atoms with Crippen molar-refractivity contribution in [3.05, 3.63) is 50.7 Å². The second kappa shape index (κ2) is 17.7. The lowest BCUT2D eigenvalue weighted by Crippen LogP contribution is -2.56. The summed E-state index contributed by atoms with van der Waals surface area (Å²) in [4.78, 5) is 27.8. The molecule has 0 amide bonds. The Hall–Kier alpha value is -4.84. The third-order valence-corrected chi connectivity index (χ3v) is 13.3. The molecule has 4 aliphatic heterocycles. The number of fused-ring (bicyclic) bond motifs is 6. The van der Waals surface area contributed by atoms with Gasteiger partial charge in [0, 0.05) is 42.4 Å². The van der Waals surface area contributed by atoms with E-state index in [9.17, 15) is 55.5 Å². The Morgan fingerprint density at radius 2 is 1.33 bits per heavy atom. The smallest absolute Gasteiger partial charge is 0.342 e. The van der Waals surface area contributed by atoms with Gasteiger partial charge in [0.25, 0.3) is 0 Å². The highest BCUT2D eigenvalue weighted by molar-refractivity contribution is 6.07. The molecule has 20 nitrogen and oxygen atoms in total. The normalized spacial score (nSPS) is 34.3. The number of aromatic hydroxyl groups is 3. The summed E-state index contributed by atoms with van der Waals surface area (Å²) in [7, 11) is 1.21. The molecule has 3 fully saturated rings. The first-order chi connectivity index (χ1) is 31.4. The summed E-state index contributed by atoms with van der Waals surface area (Å²) >= 11 is 0. The lowest BCUT2D eigenvalue weighted by atomic mass is 9.77. The van der Waals surface area contributed by atoms with Crippen LogP contribution >= 0.6 is 0 Å². The van der Waals surface area contributed by atoms with Crippen LogP contribution in [0.1, 0.15) is 99.1 Å². The summed E-state index contributed by atoms with van der Waals surface area (Å²) in [6, 6.07) is 4.07. The molecule has 5 heterocycles. The van der Waals surface area contributed by atoms with Gasteiger partial charge in [0.05, 0.1) is 43.7 Å². The Balaban J connectivity index is 0.968. The van der Waals surface area contributed by atoms with Crippen molar-refractivity contribution >= 4 is 27.9 Å². The molecule has 0 bridgehead atoms. The molecule has 358 valence electrons. The number of ether oxygens (including phenoxy) is 8. The molecule has 5 aliphatic rings. The lowest BCUT2D eigenvalue weighted by molar-refractivity contribution is -0.330. The summed E-state index contributed by atoms with van der Waals surface area (Å²) < 4.78 is 53.0. The van der Waals surface area contributed by atoms with Crippen LogP contribution in [0.15, 0.2) is 27.4 Å². The second-order valence-electron chi connectivity index (χ2n) is 17.8. The average Bonchev–Trinajstić information content (AvgIpc) is 3.25. The molecule has 0 spiro atoms. The van der Waals surface area contributed by atoms with Gasteiger partial charge in [0.2, 0.25) is 11.7 Å². The zero-order chi connectivity index (χ0) is 47.2. The number of benzene rings is 3. The van der Waals surface area contributed by atoms with Crippen LogP contribution < -0.4 is 14.9 Å². The summed E-state index contributed by atoms with van der Waals surface area (Å²) in [6.07, 6.45) is -14.2. The third kappa shape index (κ3) is 7.70. The number of hydrogen-bond donors (Lipinski definition) is 9. The summed E-state index contributed by atoms with van der Waals surface area (Å²) in [5.74, 6) is -3.51. The molecule has 15 atom stereocenters. The van der Waals surface area contributed by atoms with Crippen molar-refractivity contribution in [2.45, 2.75) is 158 Å². The van der Waals surface area contributed by atoms with E-state index in [4.69, 9.17) is 42.3 Å². The molecule has 1 aliphatic carbocycles. The van der Waals surface area contributed by atoms with Crippen LogP contribution in [0, 0.1) is 0 Å². The van der Waals surface area contributed by atoms with Gasteiger partial charge in [-0.05, 0) is 50.5 Å².